The highest BCUT2D eigenvalue weighted by molar-refractivity contribution is 7.90. The zero-order valence-electron chi connectivity index (χ0n) is 16.8. The van der Waals surface area contributed by atoms with Crippen molar-refractivity contribution >= 4 is 33.3 Å². The number of nitrogens with zero attached hydrogens (tertiary/aromatic N) is 2. The lowest BCUT2D eigenvalue weighted by atomic mass is 10.1. The van der Waals surface area contributed by atoms with E-state index >= 15 is 0 Å². The number of halogens is 1. The van der Waals surface area contributed by atoms with E-state index in [9.17, 15) is 18.0 Å². The van der Waals surface area contributed by atoms with Crippen LogP contribution < -0.4 is 4.74 Å². The van der Waals surface area contributed by atoms with E-state index in [1.807, 2.05) is 0 Å². The quantitative estimate of drug-likeness (QED) is 0.715. The standard InChI is InChI=1S/C21H23ClN2O5S/c1-29-19-7-4-3-6-17(19)21(26)24-11-5-10-23(12-13-24)20(25)16-9-8-15(14-18(16)22)30(2,27)28/h3-4,6-9,14H,5,10-13H2,1-2H3. The van der Waals surface area contributed by atoms with Gasteiger partial charge in [-0.25, -0.2) is 8.42 Å². The zero-order chi connectivity index (χ0) is 21.9. The average molecular weight is 451 g/mol. The Kier molecular flexibility index (Phi) is 6.67. The highest BCUT2D eigenvalue weighted by Gasteiger charge is 2.26. The molecule has 0 saturated carbocycles. The topological polar surface area (TPSA) is 84.0 Å². The van der Waals surface area contributed by atoms with Gasteiger partial charge in [0, 0.05) is 32.4 Å². The second kappa shape index (κ2) is 9.06. The minimum absolute atomic E-state index is 0.0634. The fourth-order valence-electron chi connectivity index (χ4n) is 3.39. The molecule has 2 aromatic carbocycles. The first-order valence-corrected chi connectivity index (χ1v) is 11.7. The van der Waals surface area contributed by atoms with Crippen molar-refractivity contribution in [3.8, 4) is 5.75 Å². The first-order chi connectivity index (χ1) is 14.2. The summed E-state index contributed by atoms with van der Waals surface area (Å²) in [5, 5.41) is 0.0918. The molecular weight excluding hydrogens is 428 g/mol. The van der Waals surface area contributed by atoms with Crippen LogP contribution >= 0.6 is 11.6 Å². The highest BCUT2D eigenvalue weighted by atomic mass is 35.5. The van der Waals surface area contributed by atoms with Gasteiger partial charge in [0.1, 0.15) is 5.75 Å². The van der Waals surface area contributed by atoms with E-state index in [-0.39, 0.29) is 27.3 Å². The molecule has 9 heteroatoms. The number of hydrogen-bond donors (Lipinski definition) is 0. The summed E-state index contributed by atoms with van der Waals surface area (Å²) < 4.78 is 28.6. The maximum atomic E-state index is 12.9. The number of rotatable bonds is 4. The number of sulfone groups is 1. The van der Waals surface area contributed by atoms with Crippen molar-refractivity contribution in [1.82, 2.24) is 9.80 Å². The number of carbonyl (C=O) groups is 2. The second-order valence-electron chi connectivity index (χ2n) is 7.05. The Morgan fingerprint density at radius 1 is 0.933 bits per heavy atom. The third kappa shape index (κ3) is 4.76. The van der Waals surface area contributed by atoms with Crippen LogP contribution in [0.15, 0.2) is 47.4 Å². The van der Waals surface area contributed by atoms with Crippen molar-refractivity contribution in [2.75, 3.05) is 39.5 Å². The summed E-state index contributed by atoms with van der Waals surface area (Å²) in [5.41, 5.74) is 0.729. The van der Waals surface area contributed by atoms with Crippen molar-refractivity contribution in [2.24, 2.45) is 0 Å². The van der Waals surface area contributed by atoms with Crippen LogP contribution in [-0.4, -0.2) is 69.6 Å². The van der Waals surface area contributed by atoms with Gasteiger partial charge in [-0.05, 0) is 36.8 Å². The molecule has 30 heavy (non-hydrogen) atoms. The molecule has 0 aromatic heterocycles. The van der Waals surface area contributed by atoms with Crippen molar-refractivity contribution in [3.05, 3.63) is 58.6 Å². The van der Waals surface area contributed by atoms with Crippen LogP contribution in [0.5, 0.6) is 5.75 Å². The predicted molar refractivity (Wildman–Crippen MR) is 114 cm³/mol. The summed E-state index contributed by atoms with van der Waals surface area (Å²) in [7, 11) is -1.89. The first kappa shape index (κ1) is 22.1. The van der Waals surface area contributed by atoms with Crippen LogP contribution in [0.3, 0.4) is 0 Å². The van der Waals surface area contributed by atoms with E-state index in [1.54, 1.807) is 34.1 Å². The lowest BCUT2D eigenvalue weighted by Gasteiger charge is -2.23. The molecule has 0 atom stereocenters. The second-order valence-corrected chi connectivity index (χ2v) is 9.47. The molecule has 2 amide bonds. The smallest absolute Gasteiger partial charge is 0.257 e. The van der Waals surface area contributed by atoms with Gasteiger partial charge in [0.2, 0.25) is 0 Å². The molecule has 1 heterocycles. The normalized spacial score (nSPS) is 14.9. The van der Waals surface area contributed by atoms with E-state index in [0.717, 1.165) is 6.26 Å². The lowest BCUT2D eigenvalue weighted by Crippen LogP contribution is -2.37. The highest BCUT2D eigenvalue weighted by Crippen LogP contribution is 2.24. The monoisotopic (exact) mass is 450 g/mol. The fraction of sp³-hybridized carbons (Fsp3) is 0.333. The molecule has 2 aromatic rings. The maximum absolute atomic E-state index is 12.9. The van der Waals surface area contributed by atoms with Gasteiger partial charge in [0.25, 0.3) is 11.8 Å². The molecular formula is C21H23ClN2O5S. The summed E-state index contributed by atoms with van der Waals surface area (Å²) in [6.07, 6.45) is 1.70. The summed E-state index contributed by atoms with van der Waals surface area (Å²) >= 11 is 6.19. The van der Waals surface area contributed by atoms with Crippen LogP contribution in [-0.2, 0) is 9.84 Å². The summed E-state index contributed by atoms with van der Waals surface area (Å²) in [5.74, 6) is 0.0846. The Morgan fingerprint density at radius 2 is 1.53 bits per heavy atom. The molecule has 7 nitrogen and oxygen atoms in total. The number of ether oxygens (including phenoxy) is 1. The average Bonchev–Trinajstić information content (AvgIpc) is 2.98. The molecule has 160 valence electrons. The lowest BCUT2D eigenvalue weighted by molar-refractivity contribution is 0.0717. The van der Waals surface area contributed by atoms with Crippen molar-refractivity contribution in [3.63, 3.8) is 0 Å². The van der Waals surface area contributed by atoms with Gasteiger partial charge >= 0.3 is 0 Å². The van der Waals surface area contributed by atoms with Gasteiger partial charge in [-0.1, -0.05) is 23.7 Å². The molecule has 1 aliphatic heterocycles. The van der Waals surface area contributed by atoms with Crippen molar-refractivity contribution in [2.45, 2.75) is 11.3 Å². The van der Waals surface area contributed by atoms with Gasteiger partial charge in [0.05, 0.1) is 28.2 Å². The largest absolute Gasteiger partial charge is 0.496 e. The van der Waals surface area contributed by atoms with Gasteiger partial charge < -0.3 is 14.5 Å². The SMILES string of the molecule is COc1ccccc1C(=O)N1CCCN(C(=O)c2ccc(S(C)(=O)=O)cc2Cl)CC1. The Bertz CT molecular complexity index is 1070. The summed E-state index contributed by atoms with van der Waals surface area (Å²) in [6, 6.07) is 11.1. The van der Waals surface area contributed by atoms with Crippen molar-refractivity contribution < 1.29 is 22.7 Å². The molecule has 0 unspecified atom stereocenters. The third-order valence-corrected chi connectivity index (χ3v) is 6.43. The molecule has 0 N–H and O–H groups in total. The predicted octanol–water partition coefficient (Wildman–Crippen LogP) is 2.74. The number of hydrogen-bond acceptors (Lipinski definition) is 5. The zero-order valence-corrected chi connectivity index (χ0v) is 18.4. The van der Waals surface area contributed by atoms with Gasteiger partial charge in [-0.2, -0.15) is 0 Å². The number of amides is 2. The van der Waals surface area contributed by atoms with E-state index in [1.165, 1.54) is 25.3 Å². The molecule has 1 saturated heterocycles. The van der Waals surface area contributed by atoms with Crippen LogP contribution in [0.1, 0.15) is 27.1 Å². The Balaban J connectivity index is 1.74. The van der Waals surface area contributed by atoms with Gasteiger partial charge in [-0.15, -0.1) is 0 Å². The molecule has 3 rings (SSSR count). The molecule has 0 bridgehead atoms. The minimum Gasteiger partial charge on any atom is -0.496 e. The molecule has 0 spiro atoms. The van der Waals surface area contributed by atoms with Crippen molar-refractivity contribution in [1.29, 1.82) is 0 Å². The minimum atomic E-state index is -3.41. The molecule has 1 fully saturated rings. The van der Waals surface area contributed by atoms with Crippen LogP contribution in [0.25, 0.3) is 0 Å². The summed E-state index contributed by atoms with van der Waals surface area (Å²) in [6.45, 7) is 1.71. The summed E-state index contributed by atoms with van der Waals surface area (Å²) in [4.78, 5) is 29.3. The maximum Gasteiger partial charge on any atom is 0.257 e. The molecule has 0 radical (unpaired) electrons. The first-order valence-electron chi connectivity index (χ1n) is 9.43. The molecule has 1 aliphatic rings. The number of benzene rings is 2. The number of para-hydroxylation sites is 1. The molecule has 0 aliphatic carbocycles. The Labute approximate surface area is 181 Å². The Morgan fingerprint density at radius 3 is 2.10 bits per heavy atom. The number of methoxy groups -OCH3 is 1. The van der Waals surface area contributed by atoms with Crippen LogP contribution in [0.4, 0.5) is 0 Å². The van der Waals surface area contributed by atoms with E-state index in [0.29, 0.717) is 43.9 Å². The van der Waals surface area contributed by atoms with Crippen LogP contribution in [0.2, 0.25) is 5.02 Å². The van der Waals surface area contributed by atoms with Gasteiger partial charge in [-0.3, -0.25) is 9.59 Å². The Hall–Kier alpha value is -2.58. The third-order valence-electron chi connectivity index (χ3n) is 5.01. The van der Waals surface area contributed by atoms with Gasteiger partial charge in [0.15, 0.2) is 9.84 Å². The fourth-order valence-corrected chi connectivity index (χ4v) is 4.36. The number of carbonyl (C=O) groups excluding carboxylic acids is 2. The van der Waals surface area contributed by atoms with Crippen LogP contribution in [0, 0.1) is 0 Å². The van der Waals surface area contributed by atoms with E-state index in [4.69, 9.17) is 16.3 Å². The van der Waals surface area contributed by atoms with E-state index in [2.05, 4.69) is 0 Å². The van der Waals surface area contributed by atoms with E-state index < -0.39 is 9.84 Å².